The number of para-hydroxylation sites is 1. The minimum absolute atomic E-state index is 0.138. The van der Waals surface area contributed by atoms with E-state index in [1.54, 1.807) is 39.0 Å². The van der Waals surface area contributed by atoms with Crippen LogP contribution in [0.2, 0.25) is 0 Å². The van der Waals surface area contributed by atoms with Crippen LogP contribution in [0.25, 0.3) is 0 Å². The van der Waals surface area contributed by atoms with Crippen molar-refractivity contribution in [3.63, 3.8) is 0 Å². The van der Waals surface area contributed by atoms with Crippen LogP contribution >= 0.6 is 0 Å². The highest BCUT2D eigenvalue weighted by Crippen LogP contribution is 2.21. The van der Waals surface area contributed by atoms with E-state index in [0.29, 0.717) is 0 Å². The van der Waals surface area contributed by atoms with Gasteiger partial charge in [0.1, 0.15) is 6.10 Å². The molecular formula is C18H24N2O5. The van der Waals surface area contributed by atoms with E-state index in [2.05, 4.69) is 12.0 Å². The van der Waals surface area contributed by atoms with Gasteiger partial charge in [0.25, 0.3) is 5.91 Å². The Balaban J connectivity index is 3.12. The molecule has 1 N–H and O–H groups in total. The molecule has 0 radical (unpaired) electrons. The Morgan fingerprint density at radius 3 is 2.56 bits per heavy atom. The highest BCUT2D eigenvalue weighted by Gasteiger charge is 2.25. The predicted molar refractivity (Wildman–Crippen MR) is 93.9 cm³/mol. The van der Waals surface area contributed by atoms with Crippen molar-refractivity contribution < 1.29 is 23.9 Å². The molecule has 0 heterocycles. The van der Waals surface area contributed by atoms with Gasteiger partial charge in [-0.3, -0.25) is 15.0 Å². The van der Waals surface area contributed by atoms with E-state index >= 15 is 0 Å². The van der Waals surface area contributed by atoms with Gasteiger partial charge in [0.2, 0.25) is 5.91 Å². The van der Waals surface area contributed by atoms with Crippen molar-refractivity contribution in [3.8, 4) is 0 Å². The topological polar surface area (TPSA) is 84.9 Å². The third-order valence-corrected chi connectivity index (χ3v) is 3.25. The maximum atomic E-state index is 12.3. The monoisotopic (exact) mass is 348 g/mol. The molecule has 0 bridgehead atoms. The summed E-state index contributed by atoms with van der Waals surface area (Å²) < 4.78 is 10.3. The summed E-state index contributed by atoms with van der Waals surface area (Å²) in [6.45, 7) is 8.83. The van der Waals surface area contributed by atoms with E-state index in [1.165, 1.54) is 12.1 Å². The third kappa shape index (κ3) is 5.72. The number of nitrogens with zero attached hydrogens (tertiary/aromatic N) is 1. The lowest BCUT2D eigenvalue weighted by Crippen LogP contribution is -2.50. The summed E-state index contributed by atoms with van der Waals surface area (Å²) >= 11 is 0. The molecule has 0 saturated carbocycles. The molecule has 1 aromatic rings. The molecular weight excluding hydrogens is 324 g/mol. The second kappa shape index (κ2) is 10.2. The van der Waals surface area contributed by atoms with Crippen LogP contribution < -0.4 is 10.4 Å². The van der Waals surface area contributed by atoms with Crippen LogP contribution in [-0.2, 0) is 19.1 Å². The highest BCUT2D eigenvalue weighted by atomic mass is 16.5. The van der Waals surface area contributed by atoms with Gasteiger partial charge in [0.15, 0.2) is 0 Å². The average molecular weight is 348 g/mol. The van der Waals surface area contributed by atoms with Crippen LogP contribution in [0.5, 0.6) is 0 Å². The summed E-state index contributed by atoms with van der Waals surface area (Å²) in [5.41, 5.74) is 2.94. The van der Waals surface area contributed by atoms with Gasteiger partial charge in [-0.15, -0.1) is 6.58 Å². The average Bonchev–Trinajstić information content (AvgIpc) is 2.63. The Kier molecular flexibility index (Phi) is 8.35. The fourth-order valence-corrected chi connectivity index (χ4v) is 1.95. The fourth-order valence-electron chi connectivity index (χ4n) is 1.95. The minimum atomic E-state index is -0.792. The molecule has 0 spiro atoms. The Hall–Kier alpha value is -2.67. The molecule has 1 rings (SSSR count). The van der Waals surface area contributed by atoms with E-state index in [0.717, 1.165) is 5.01 Å². The quantitative estimate of drug-likeness (QED) is 0.442. The van der Waals surface area contributed by atoms with Gasteiger partial charge in [-0.1, -0.05) is 25.1 Å². The maximum absolute atomic E-state index is 12.3. The molecule has 0 saturated heterocycles. The smallest absolute Gasteiger partial charge is 0.340 e. The molecule has 7 heteroatoms. The standard InChI is InChI=1S/C18H24N2O5/c1-5-12-25-13(4)17(22)19-20(16(21)6-2)15-11-9-8-10-14(15)18(23)24-7-3/h5,8-11,13H,1,6-7,12H2,2-4H3,(H,19,22). The van der Waals surface area contributed by atoms with Crippen LogP contribution in [-0.4, -0.2) is 37.1 Å². The number of carbonyl (C=O) groups excluding carboxylic acids is 3. The van der Waals surface area contributed by atoms with Crippen molar-refractivity contribution in [2.24, 2.45) is 0 Å². The van der Waals surface area contributed by atoms with E-state index < -0.39 is 18.0 Å². The molecule has 0 aliphatic heterocycles. The first kappa shape index (κ1) is 20.4. The Morgan fingerprint density at radius 2 is 1.96 bits per heavy atom. The van der Waals surface area contributed by atoms with Crippen LogP contribution in [0.4, 0.5) is 5.69 Å². The number of rotatable bonds is 8. The number of hydrogen-bond acceptors (Lipinski definition) is 5. The van der Waals surface area contributed by atoms with Crippen LogP contribution in [0.15, 0.2) is 36.9 Å². The minimum Gasteiger partial charge on any atom is -0.462 e. The molecule has 0 aliphatic carbocycles. The summed E-state index contributed by atoms with van der Waals surface area (Å²) in [5.74, 6) is -1.46. The van der Waals surface area contributed by atoms with E-state index in [-0.39, 0.29) is 36.8 Å². The second-order valence-electron chi connectivity index (χ2n) is 5.06. The molecule has 1 aromatic carbocycles. The normalized spacial score (nSPS) is 11.3. The Morgan fingerprint density at radius 1 is 1.28 bits per heavy atom. The zero-order valence-electron chi connectivity index (χ0n) is 14.8. The van der Waals surface area contributed by atoms with Gasteiger partial charge in [0.05, 0.1) is 24.5 Å². The molecule has 0 aromatic heterocycles. The zero-order valence-corrected chi connectivity index (χ0v) is 14.8. The number of ether oxygens (including phenoxy) is 2. The zero-order chi connectivity index (χ0) is 18.8. The van der Waals surface area contributed by atoms with Gasteiger partial charge in [0, 0.05) is 6.42 Å². The van der Waals surface area contributed by atoms with E-state index in [1.807, 2.05) is 0 Å². The van der Waals surface area contributed by atoms with Crippen LogP contribution in [0, 0.1) is 0 Å². The van der Waals surface area contributed by atoms with Crippen molar-refractivity contribution in [2.75, 3.05) is 18.2 Å². The Labute approximate surface area is 147 Å². The van der Waals surface area contributed by atoms with Crippen molar-refractivity contribution in [3.05, 3.63) is 42.5 Å². The number of nitrogens with one attached hydrogen (secondary N) is 1. The molecule has 0 aliphatic rings. The van der Waals surface area contributed by atoms with Crippen molar-refractivity contribution in [1.29, 1.82) is 0 Å². The molecule has 2 amide bonds. The lowest BCUT2D eigenvalue weighted by atomic mass is 10.1. The van der Waals surface area contributed by atoms with Crippen LogP contribution in [0.1, 0.15) is 37.6 Å². The molecule has 0 fully saturated rings. The van der Waals surface area contributed by atoms with Crippen molar-refractivity contribution in [2.45, 2.75) is 33.3 Å². The summed E-state index contributed by atoms with van der Waals surface area (Å²) in [6.07, 6.45) is 0.869. The van der Waals surface area contributed by atoms with Crippen molar-refractivity contribution >= 4 is 23.5 Å². The van der Waals surface area contributed by atoms with Gasteiger partial charge in [-0.05, 0) is 26.0 Å². The number of anilines is 1. The number of hydrogen-bond donors (Lipinski definition) is 1. The second-order valence-corrected chi connectivity index (χ2v) is 5.06. The molecule has 7 nitrogen and oxygen atoms in total. The van der Waals surface area contributed by atoms with Gasteiger partial charge in [-0.2, -0.15) is 0 Å². The molecule has 136 valence electrons. The lowest BCUT2D eigenvalue weighted by molar-refractivity contribution is -0.133. The lowest BCUT2D eigenvalue weighted by Gasteiger charge is -2.26. The fraction of sp³-hybridized carbons (Fsp3) is 0.389. The first-order valence-electron chi connectivity index (χ1n) is 8.08. The molecule has 1 unspecified atom stereocenters. The molecule has 25 heavy (non-hydrogen) atoms. The Bertz CT molecular complexity index is 630. The highest BCUT2D eigenvalue weighted by molar-refractivity contribution is 6.04. The van der Waals surface area contributed by atoms with E-state index in [4.69, 9.17) is 9.47 Å². The summed E-state index contributed by atoms with van der Waals surface area (Å²) in [4.78, 5) is 36.7. The SMILES string of the molecule is C=CCOC(C)C(=O)NN(C(=O)CC)c1ccccc1C(=O)OCC. The number of benzene rings is 1. The summed E-state index contributed by atoms with van der Waals surface area (Å²) in [5, 5.41) is 1.06. The largest absolute Gasteiger partial charge is 0.462 e. The van der Waals surface area contributed by atoms with Gasteiger partial charge in [-0.25, -0.2) is 9.80 Å². The van der Waals surface area contributed by atoms with Gasteiger partial charge < -0.3 is 9.47 Å². The number of carbonyl (C=O) groups is 3. The summed E-state index contributed by atoms with van der Waals surface area (Å²) in [7, 11) is 0. The van der Waals surface area contributed by atoms with Crippen LogP contribution in [0.3, 0.4) is 0 Å². The van der Waals surface area contributed by atoms with Crippen molar-refractivity contribution in [1.82, 2.24) is 5.43 Å². The number of esters is 1. The number of hydrazine groups is 1. The van der Waals surface area contributed by atoms with E-state index in [9.17, 15) is 14.4 Å². The molecule has 1 atom stereocenters. The number of amides is 2. The summed E-state index contributed by atoms with van der Waals surface area (Å²) in [6, 6.07) is 6.42. The van der Waals surface area contributed by atoms with Gasteiger partial charge >= 0.3 is 5.97 Å². The first-order valence-corrected chi connectivity index (χ1v) is 8.08. The maximum Gasteiger partial charge on any atom is 0.340 e. The third-order valence-electron chi connectivity index (χ3n) is 3.25. The predicted octanol–water partition coefficient (Wildman–Crippen LogP) is 2.23. The first-order chi connectivity index (χ1) is 12.0.